The normalized spacial score (nSPS) is 14.5. The van der Waals surface area contributed by atoms with E-state index in [4.69, 9.17) is 16.6 Å². The van der Waals surface area contributed by atoms with E-state index in [9.17, 15) is 9.90 Å². The van der Waals surface area contributed by atoms with Crippen molar-refractivity contribution in [1.29, 1.82) is 0 Å². The number of phenolic OH excluding ortho intramolecular Hbond substituents is 1. The Balaban J connectivity index is 1.44. The van der Waals surface area contributed by atoms with Crippen molar-refractivity contribution in [3.63, 3.8) is 0 Å². The molecule has 1 aliphatic rings. The minimum atomic E-state index is -0.467. The van der Waals surface area contributed by atoms with Crippen LogP contribution in [0.3, 0.4) is 0 Å². The van der Waals surface area contributed by atoms with Crippen LogP contribution < -0.4 is 10.9 Å². The Morgan fingerprint density at radius 2 is 2.14 bits per heavy atom. The number of rotatable bonds is 4. The van der Waals surface area contributed by atoms with E-state index in [0.29, 0.717) is 17.9 Å². The summed E-state index contributed by atoms with van der Waals surface area (Å²) >= 11 is 7.09. The minimum absolute atomic E-state index is 0.0494. The summed E-state index contributed by atoms with van der Waals surface area (Å²) in [6.07, 6.45) is 1.86. The van der Waals surface area contributed by atoms with E-state index in [0.717, 1.165) is 47.1 Å². The second-order valence-electron chi connectivity index (χ2n) is 6.47. The van der Waals surface area contributed by atoms with E-state index in [2.05, 4.69) is 20.5 Å². The highest BCUT2D eigenvalue weighted by atomic mass is 32.2. The maximum atomic E-state index is 11.8. The lowest BCUT2D eigenvalue weighted by Crippen LogP contribution is -2.44. The molecule has 0 amide bonds. The van der Waals surface area contributed by atoms with Crippen LogP contribution in [0.4, 0.5) is 0 Å². The number of thiocarbonyl (C=S) groups is 1. The highest BCUT2D eigenvalue weighted by Gasteiger charge is 2.14. The smallest absolute Gasteiger partial charge is 0.336 e. The van der Waals surface area contributed by atoms with Crippen LogP contribution in [0, 0.1) is 0 Å². The van der Waals surface area contributed by atoms with Gasteiger partial charge >= 0.3 is 5.63 Å². The van der Waals surface area contributed by atoms with Crippen molar-refractivity contribution in [3.05, 3.63) is 52.1 Å². The number of thioether (sulfide) groups is 1. The third kappa shape index (κ3) is 4.34. The first kappa shape index (κ1) is 18.9. The van der Waals surface area contributed by atoms with Gasteiger partial charge in [-0.25, -0.2) is 9.48 Å². The first-order valence-corrected chi connectivity index (χ1v) is 10.2. The van der Waals surface area contributed by atoms with Crippen molar-refractivity contribution < 1.29 is 9.52 Å². The lowest BCUT2D eigenvalue weighted by Gasteiger charge is -2.28. The Kier molecular flexibility index (Phi) is 5.60. The van der Waals surface area contributed by atoms with Crippen molar-refractivity contribution in [2.45, 2.75) is 12.3 Å². The quantitative estimate of drug-likeness (QED) is 0.484. The molecule has 0 aliphatic carbocycles. The van der Waals surface area contributed by atoms with Crippen LogP contribution in [0.5, 0.6) is 5.75 Å². The fraction of sp³-hybridized carbons (Fsp3) is 0.333. The van der Waals surface area contributed by atoms with E-state index in [1.807, 2.05) is 6.20 Å². The molecular formula is C18H19N5O3S2. The van der Waals surface area contributed by atoms with Crippen molar-refractivity contribution in [2.75, 3.05) is 26.2 Å². The average molecular weight is 418 g/mol. The number of nitrogens with zero attached hydrogens (tertiary/aromatic N) is 4. The van der Waals surface area contributed by atoms with Gasteiger partial charge in [0.1, 0.15) is 15.7 Å². The summed E-state index contributed by atoms with van der Waals surface area (Å²) in [4.78, 5) is 14.0. The second kappa shape index (κ2) is 8.29. The summed E-state index contributed by atoms with van der Waals surface area (Å²) in [6.45, 7) is 4.14. The molecule has 8 nitrogen and oxygen atoms in total. The van der Waals surface area contributed by atoms with Crippen LogP contribution in [0.2, 0.25) is 0 Å². The van der Waals surface area contributed by atoms with E-state index >= 15 is 0 Å². The van der Waals surface area contributed by atoms with Gasteiger partial charge in [-0.15, -0.1) is 5.10 Å². The highest BCUT2D eigenvalue weighted by Crippen LogP contribution is 2.22. The number of hydrogen-bond acceptors (Lipinski definition) is 8. The Morgan fingerprint density at radius 1 is 1.32 bits per heavy atom. The summed E-state index contributed by atoms with van der Waals surface area (Å²) in [5.41, 5.74) is 1.46. The largest absolute Gasteiger partial charge is 0.508 e. The molecule has 0 radical (unpaired) electrons. The average Bonchev–Trinajstić information content (AvgIpc) is 3.13. The molecule has 3 heterocycles. The van der Waals surface area contributed by atoms with Crippen LogP contribution in [0.15, 0.2) is 39.7 Å². The summed E-state index contributed by atoms with van der Waals surface area (Å²) in [6, 6.07) is 6.16. The fourth-order valence-corrected chi connectivity index (χ4v) is 4.21. The van der Waals surface area contributed by atoms with Crippen molar-refractivity contribution >= 4 is 39.3 Å². The summed E-state index contributed by atoms with van der Waals surface area (Å²) in [5, 5.41) is 22.0. The lowest BCUT2D eigenvalue weighted by atomic mass is 10.1. The third-order valence-electron chi connectivity index (χ3n) is 4.45. The van der Waals surface area contributed by atoms with Crippen LogP contribution in [-0.2, 0) is 12.3 Å². The number of hydrogen-bond donors (Lipinski definition) is 2. The number of phenols is 1. The van der Waals surface area contributed by atoms with Gasteiger partial charge < -0.3 is 19.7 Å². The maximum absolute atomic E-state index is 11.8. The van der Waals surface area contributed by atoms with E-state index < -0.39 is 5.63 Å². The molecule has 0 unspecified atom stereocenters. The van der Waals surface area contributed by atoms with Crippen molar-refractivity contribution in [3.8, 4) is 5.75 Å². The molecule has 1 aliphatic heterocycles. The minimum Gasteiger partial charge on any atom is -0.508 e. The topological polar surface area (TPSA) is 96.4 Å². The van der Waals surface area contributed by atoms with Crippen molar-refractivity contribution in [1.82, 2.24) is 25.2 Å². The monoisotopic (exact) mass is 417 g/mol. The molecule has 0 bridgehead atoms. The molecular weight excluding hydrogens is 398 g/mol. The predicted molar refractivity (Wildman–Crippen MR) is 112 cm³/mol. The molecule has 28 heavy (non-hydrogen) atoms. The van der Waals surface area contributed by atoms with Crippen LogP contribution in [0.1, 0.15) is 11.3 Å². The molecule has 0 saturated carbocycles. The first-order chi connectivity index (χ1) is 13.6. The van der Waals surface area contributed by atoms with Gasteiger partial charge in [-0.05, 0) is 17.7 Å². The van der Waals surface area contributed by atoms with Gasteiger partial charge in [-0.3, -0.25) is 0 Å². The lowest BCUT2D eigenvalue weighted by molar-refractivity contribution is 0.368. The summed E-state index contributed by atoms with van der Waals surface area (Å²) < 4.78 is 7.72. The number of fused-ring (bicyclic) bond motifs is 1. The Labute approximate surface area is 170 Å². The highest BCUT2D eigenvalue weighted by molar-refractivity contribution is 8.22. The molecule has 1 aromatic carbocycles. The first-order valence-electron chi connectivity index (χ1n) is 8.86. The van der Waals surface area contributed by atoms with Crippen LogP contribution >= 0.6 is 24.0 Å². The Hall–Kier alpha value is -2.43. The molecule has 3 aromatic rings. The fourth-order valence-electron chi connectivity index (χ4n) is 3.08. The van der Waals surface area contributed by atoms with Gasteiger partial charge in [-0.1, -0.05) is 29.2 Å². The van der Waals surface area contributed by atoms with Gasteiger partial charge in [0.15, 0.2) is 0 Å². The molecule has 2 N–H and O–H groups in total. The molecule has 1 fully saturated rings. The van der Waals surface area contributed by atoms with E-state index in [1.54, 1.807) is 28.6 Å². The van der Waals surface area contributed by atoms with Gasteiger partial charge in [0.25, 0.3) is 0 Å². The standard InChI is InChI=1S/C18H19N5O3S2/c24-14-1-2-15-12(7-17(25)26-16(15)8-14)9-23-10-13(20-21-23)11-28-18(27)22-5-3-19-4-6-22/h1-2,7-8,10,19,24H,3-6,9,11H2. The number of aromatic hydroxyl groups is 1. The molecule has 0 spiro atoms. The van der Waals surface area contributed by atoms with Gasteiger partial charge in [0.2, 0.25) is 0 Å². The number of piperazine rings is 1. The number of nitrogens with one attached hydrogen (secondary N) is 1. The Morgan fingerprint density at radius 3 is 2.96 bits per heavy atom. The zero-order valence-electron chi connectivity index (χ0n) is 15.0. The van der Waals surface area contributed by atoms with Gasteiger partial charge in [0.05, 0.1) is 12.2 Å². The number of aromatic nitrogens is 3. The predicted octanol–water partition coefficient (Wildman–Crippen LogP) is 1.56. The zero-order chi connectivity index (χ0) is 19.5. The SMILES string of the molecule is O=c1cc(Cn2cc(CSC(=S)N3CCNCC3)nn2)c2ccc(O)cc2o1. The van der Waals surface area contributed by atoms with E-state index in [-0.39, 0.29) is 5.75 Å². The molecule has 4 rings (SSSR count). The molecule has 2 aromatic heterocycles. The van der Waals surface area contributed by atoms with E-state index in [1.165, 1.54) is 12.1 Å². The third-order valence-corrected chi connectivity index (χ3v) is 6.01. The second-order valence-corrected chi connectivity index (χ2v) is 8.08. The molecule has 0 atom stereocenters. The summed E-state index contributed by atoms with van der Waals surface area (Å²) in [5.74, 6) is 0.697. The molecule has 146 valence electrons. The zero-order valence-corrected chi connectivity index (χ0v) is 16.6. The van der Waals surface area contributed by atoms with Gasteiger partial charge in [0, 0.05) is 55.6 Å². The molecule has 1 saturated heterocycles. The van der Waals surface area contributed by atoms with Crippen LogP contribution in [0.25, 0.3) is 11.0 Å². The summed E-state index contributed by atoms with van der Waals surface area (Å²) in [7, 11) is 0. The van der Waals surface area contributed by atoms with Crippen LogP contribution in [-0.4, -0.2) is 55.5 Å². The maximum Gasteiger partial charge on any atom is 0.336 e. The molecule has 10 heteroatoms. The van der Waals surface area contributed by atoms with Gasteiger partial charge in [-0.2, -0.15) is 0 Å². The Bertz CT molecular complexity index is 1060. The number of benzene rings is 1. The van der Waals surface area contributed by atoms with Crippen molar-refractivity contribution in [2.24, 2.45) is 0 Å².